The standard InChI is InChI=1S/C37H61NO13/c1-11-27-37(43,18-46-36-33(45-10)32(44-9)29(41)23(6)48-36)34-26(49-34)14-13-25(39)20(3)16-21(4)31(19(2)12-15-28(40)50-27)51-35-30(42)24(38(7)8)17-22(5)47-35/h12-15,19-24,26-27,29-36,41-43H,11,16-18H2,1-10H3/b14-13+,15-12+/t19-,20+,21-,22+,23+,24-,26-,27+,29+,30+,31+,32+,33+,34-,35-,36+,37-/m0/s1. The second-order valence-corrected chi connectivity index (χ2v) is 15.0. The van der Waals surface area contributed by atoms with E-state index in [0.29, 0.717) is 12.8 Å². The van der Waals surface area contributed by atoms with Gasteiger partial charge in [-0.15, -0.1) is 0 Å². The highest BCUT2D eigenvalue weighted by Crippen LogP contribution is 2.40. The van der Waals surface area contributed by atoms with Crippen molar-refractivity contribution in [3.63, 3.8) is 0 Å². The maximum atomic E-state index is 13.4. The molecule has 4 aliphatic heterocycles. The number of rotatable bonds is 9. The second kappa shape index (κ2) is 18.0. The number of fused-ring (bicyclic) bond motifs is 1. The van der Waals surface area contributed by atoms with Gasteiger partial charge in [-0.1, -0.05) is 33.8 Å². The number of ketones is 1. The first-order valence-corrected chi connectivity index (χ1v) is 18.2. The zero-order valence-electron chi connectivity index (χ0n) is 31.7. The van der Waals surface area contributed by atoms with Crippen LogP contribution in [0.5, 0.6) is 0 Å². The predicted molar refractivity (Wildman–Crippen MR) is 184 cm³/mol. The molecule has 292 valence electrons. The summed E-state index contributed by atoms with van der Waals surface area (Å²) in [6.45, 7) is 10.7. The smallest absolute Gasteiger partial charge is 0.330 e. The lowest BCUT2D eigenvalue weighted by Gasteiger charge is -2.43. The minimum absolute atomic E-state index is 0.115. The summed E-state index contributed by atoms with van der Waals surface area (Å²) in [6, 6.07) is -0.171. The summed E-state index contributed by atoms with van der Waals surface area (Å²) in [6.07, 6.45) is -1.95. The Morgan fingerprint density at radius 3 is 2.20 bits per heavy atom. The molecule has 0 aromatic carbocycles. The van der Waals surface area contributed by atoms with Crippen molar-refractivity contribution in [2.24, 2.45) is 17.8 Å². The van der Waals surface area contributed by atoms with Crippen molar-refractivity contribution in [2.45, 2.75) is 146 Å². The molecule has 4 aliphatic rings. The molecule has 0 aliphatic carbocycles. The predicted octanol–water partition coefficient (Wildman–Crippen LogP) is 1.76. The van der Waals surface area contributed by atoms with Gasteiger partial charge in [0, 0.05) is 38.2 Å². The van der Waals surface area contributed by atoms with Crippen LogP contribution in [-0.2, 0) is 47.5 Å². The van der Waals surface area contributed by atoms with E-state index in [-0.39, 0.29) is 48.7 Å². The Labute approximate surface area is 302 Å². The fraction of sp³-hybridized carbons (Fsp3) is 0.838. The zero-order chi connectivity index (χ0) is 37.8. The largest absolute Gasteiger partial charge is 0.456 e. The van der Waals surface area contributed by atoms with Crippen LogP contribution in [0.3, 0.4) is 0 Å². The van der Waals surface area contributed by atoms with Gasteiger partial charge in [-0.3, -0.25) is 4.79 Å². The van der Waals surface area contributed by atoms with Crippen LogP contribution < -0.4 is 0 Å². The molecule has 14 nitrogen and oxygen atoms in total. The number of hydrogen-bond donors (Lipinski definition) is 3. The molecule has 0 aromatic rings. The lowest BCUT2D eigenvalue weighted by Crippen LogP contribution is -2.60. The van der Waals surface area contributed by atoms with Gasteiger partial charge in [-0.25, -0.2) is 4.79 Å². The summed E-state index contributed by atoms with van der Waals surface area (Å²) in [5.74, 6) is -1.71. The first-order valence-electron chi connectivity index (χ1n) is 18.2. The molecule has 14 heteroatoms. The SMILES string of the molecule is CC[C@H]1OC(=O)/C=C/[C@H](C)[C@@H](O[C@@H]2O[C@H](C)C[C@H](N(C)C)[C@H]2O)[C@@H](C)C[C@@H](C)C(=O)/C=C/[C@@H]2O[C@@H]2[C@]1(O)CO[C@@H]1O[C@H](C)[C@@H](O)[C@@H](OC)[C@H]1OC. The summed E-state index contributed by atoms with van der Waals surface area (Å²) in [7, 11) is 6.70. The van der Waals surface area contributed by atoms with Crippen LogP contribution in [0.2, 0.25) is 0 Å². The van der Waals surface area contributed by atoms with E-state index in [1.165, 1.54) is 26.4 Å². The van der Waals surface area contributed by atoms with Crippen molar-refractivity contribution in [3.05, 3.63) is 24.3 Å². The molecule has 3 saturated heterocycles. The Bertz CT molecular complexity index is 1210. The summed E-state index contributed by atoms with van der Waals surface area (Å²) < 4.78 is 47.4. The molecule has 0 spiro atoms. The van der Waals surface area contributed by atoms with Crippen LogP contribution in [-0.4, -0.2) is 152 Å². The Morgan fingerprint density at radius 1 is 0.882 bits per heavy atom. The van der Waals surface area contributed by atoms with Crippen molar-refractivity contribution in [2.75, 3.05) is 34.9 Å². The number of epoxide rings is 1. The number of cyclic esters (lactones) is 1. The molecular formula is C37H61NO13. The summed E-state index contributed by atoms with van der Waals surface area (Å²) in [4.78, 5) is 28.7. The van der Waals surface area contributed by atoms with E-state index >= 15 is 0 Å². The number of likely N-dealkylation sites (N-methyl/N-ethyl adjacent to an activating group) is 1. The number of nitrogens with zero attached hydrogens (tertiary/aromatic N) is 1. The van der Waals surface area contributed by atoms with Crippen molar-refractivity contribution in [3.8, 4) is 0 Å². The average molecular weight is 728 g/mol. The molecule has 0 amide bonds. The Morgan fingerprint density at radius 2 is 1.57 bits per heavy atom. The van der Waals surface area contributed by atoms with Crippen molar-refractivity contribution >= 4 is 11.8 Å². The third kappa shape index (κ3) is 9.84. The van der Waals surface area contributed by atoms with E-state index in [9.17, 15) is 24.9 Å². The zero-order valence-corrected chi connectivity index (χ0v) is 31.7. The van der Waals surface area contributed by atoms with Gasteiger partial charge < -0.3 is 58.1 Å². The van der Waals surface area contributed by atoms with E-state index in [2.05, 4.69) is 0 Å². The van der Waals surface area contributed by atoms with Gasteiger partial charge >= 0.3 is 5.97 Å². The molecule has 17 atom stereocenters. The maximum absolute atomic E-state index is 13.4. The highest BCUT2D eigenvalue weighted by Gasteiger charge is 2.59. The number of hydrogen-bond acceptors (Lipinski definition) is 14. The van der Waals surface area contributed by atoms with Crippen molar-refractivity contribution in [1.82, 2.24) is 4.90 Å². The third-order valence-electron chi connectivity index (χ3n) is 10.8. The highest BCUT2D eigenvalue weighted by molar-refractivity contribution is 5.91. The Balaban J connectivity index is 1.59. The lowest BCUT2D eigenvalue weighted by molar-refractivity contribution is -0.313. The minimum atomic E-state index is -1.86. The van der Waals surface area contributed by atoms with E-state index in [1.54, 1.807) is 26.0 Å². The average Bonchev–Trinajstić information content (AvgIpc) is 3.88. The molecule has 0 bridgehead atoms. The Kier molecular flexibility index (Phi) is 14.8. The van der Waals surface area contributed by atoms with Gasteiger partial charge in [0.25, 0.3) is 0 Å². The number of methoxy groups -OCH3 is 2. The minimum Gasteiger partial charge on any atom is -0.456 e. The number of carbonyl (C=O) groups is 2. The van der Waals surface area contributed by atoms with Gasteiger partial charge in [-0.2, -0.15) is 0 Å². The molecule has 3 N–H and O–H groups in total. The van der Waals surface area contributed by atoms with Crippen LogP contribution in [0.4, 0.5) is 0 Å². The number of ether oxygens (including phenoxy) is 8. The van der Waals surface area contributed by atoms with Gasteiger partial charge in [-0.05, 0) is 65.3 Å². The molecule has 0 aromatic heterocycles. The van der Waals surface area contributed by atoms with Crippen LogP contribution in [0.25, 0.3) is 0 Å². The number of carbonyl (C=O) groups excluding carboxylic acids is 2. The van der Waals surface area contributed by atoms with Crippen molar-refractivity contribution in [1.29, 1.82) is 0 Å². The quantitative estimate of drug-likeness (QED) is 0.232. The van der Waals surface area contributed by atoms with E-state index < -0.39 is 79.1 Å². The number of allylic oxidation sites excluding steroid dienone is 1. The normalized spacial score (nSPS) is 47.0. The van der Waals surface area contributed by atoms with Crippen LogP contribution >= 0.6 is 0 Å². The molecular weight excluding hydrogens is 666 g/mol. The number of esters is 1. The van der Waals surface area contributed by atoms with E-state index in [4.69, 9.17) is 37.9 Å². The molecule has 0 unspecified atom stereocenters. The molecule has 0 saturated carbocycles. The fourth-order valence-electron chi connectivity index (χ4n) is 7.69. The summed E-state index contributed by atoms with van der Waals surface area (Å²) in [5.41, 5.74) is -1.86. The van der Waals surface area contributed by atoms with Crippen LogP contribution in [0.1, 0.15) is 60.8 Å². The Hall–Kier alpha value is -1.82. The van der Waals surface area contributed by atoms with Gasteiger partial charge in [0.2, 0.25) is 0 Å². The van der Waals surface area contributed by atoms with E-state index in [0.717, 1.165) is 0 Å². The number of aliphatic hydroxyl groups is 3. The first-order chi connectivity index (χ1) is 24.1. The van der Waals surface area contributed by atoms with Crippen LogP contribution in [0.15, 0.2) is 24.3 Å². The molecule has 4 heterocycles. The molecule has 51 heavy (non-hydrogen) atoms. The highest BCUT2D eigenvalue weighted by atomic mass is 16.7. The molecule has 4 rings (SSSR count). The van der Waals surface area contributed by atoms with Crippen molar-refractivity contribution < 1.29 is 62.8 Å². The summed E-state index contributed by atoms with van der Waals surface area (Å²) in [5, 5.41) is 34.0. The first kappa shape index (κ1) is 41.9. The van der Waals surface area contributed by atoms with E-state index in [1.807, 2.05) is 46.7 Å². The monoisotopic (exact) mass is 727 g/mol. The molecule has 3 fully saturated rings. The van der Waals surface area contributed by atoms with Gasteiger partial charge in [0.05, 0.1) is 24.9 Å². The number of aliphatic hydroxyl groups excluding tert-OH is 2. The topological polar surface area (TPSA) is 175 Å². The van der Waals surface area contributed by atoms with Gasteiger partial charge in [0.1, 0.15) is 42.7 Å². The summed E-state index contributed by atoms with van der Waals surface area (Å²) >= 11 is 0. The lowest BCUT2D eigenvalue weighted by atomic mass is 9.84. The van der Waals surface area contributed by atoms with Gasteiger partial charge in [0.15, 0.2) is 24.0 Å². The van der Waals surface area contributed by atoms with Crippen LogP contribution in [0, 0.1) is 17.8 Å². The third-order valence-corrected chi connectivity index (χ3v) is 10.8. The maximum Gasteiger partial charge on any atom is 0.330 e. The second-order valence-electron chi connectivity index (χ2n) is 15.0. The fourth-order valence-corrected chi connectivity index (χ4v) is 7.69. The molecule has 0 radical (unpaired) electrons.